The van der Waals surface area contributed by atoms with E-state index < -0.39 is 0 Å². The van der Waals surface area contributed by atoms with Crippen LogP contribution < -0.4 is 10.6 Å². The van der Waals surface area contributed by atoms with Crippen LogP contribution in [0, 0.1) is 6.92 Å². The highest BCUT2D eigenvalue weighted by atomic mass is 16.3. The predicted molar refractivity (Wildman–Crippen MR) is 82.2 cm³/mol. The number of phenols is 1. The van der Waals surface area contributed by atoms with Gasteiger partial charge in [-0.1, -0.05) is 30.3 Å². The SMILES string of the molecule is Cc1ccc(NC(=O)C2Cc3ccccc3CN2)cc1O. The van der Waals surface area contributed by atoms with Crippen molar-refractivity contribution in [3.63, 3.8) is 0 Å². The summed E-state index contributed by atoms with van der Waals surface area (Å²) in [6.45, 7) is 2.52. The van der Waals surface area contributed by atoms with Crippen LogP contribution in [0.15, 0.2) is 42.5 Å². The zero-order chi connectivity index (χ0) is 14.8. The lowest BCUT2D eigenvalue weighted by Crippen LogP contribution is -2.44. The Hall–Kier alpha value is -2.33. The van der Waals surface area contributed by atoms with Gasteiger partial charge in [-0.3, -0.25) is 4.79 Å². The number of hydrogen-bond acceptors (Lipinski definition) is 3. The van der Waals surface area contributed by atoms with Gasteiger partial charge >= 0.3 is 0 Å². The van der Waals surface area contributed by atoms with Crippen LogP contribution in [0.25, 0.3) is 0 Å². The summed E-state index contributed by atoms with van der Waals surface area (Å²) >= 11 is 0. The van der Waals surface area contributed by atoms with E-state index in [1.807, 2.05) is 19.1 Å². The Morgan fingerprint density at radius 2 is 2.00 bits per heavy atom. The van der Waals surface area contributed by atoms with Crippen LogP contribution in [-0.4, -0.2) is 17.1 Å². The van der Waals surface area contributed by atoms with E-state index in [0.29, 0.717) is 18.7 Å². The molecule has 1 aliphatic rings. The van der Waals surface area contributed by atoms with Gasteiger partial charge in [0.2, 0.25) is 5.91 Å². The normalized spacial score (nSPS) is 17.1. The minimum absolute atomic E-state index is 0.0762. The van der Waals surface area contributed by atoms with E-state index in [1.165, 1.54) is 11.1 Å². The predicted octanol–water partition coefficient (Wildman–Crippen LogP) is 2.35. The Morgan fingerprint density at radius 1 is 1.24 bits per heavy atom. The maximum Gasteiger partial charge on any atom is 0.241 e. The Balaban J connectivity index is 1.70. The van der Waals surface area contributed by atoms with Crippen molar-refractivity contribution in [2.24, 2.45) is 0 Å². The number of amides is 1. The molecule has 1 atom stereocenters. The lowest BCUT2D eigenvalue weighted by atomic mass is 9.95. The topological polar surface area (TPSA) is 61.4 Å². The van der Waals surface area contributed by atoms with Crippen molar-refractivity contribution in [1.82, 2.24) is 5.32 Å². The first-order chi connectivity index (χ1) is 10.1. The fourth-order valence-corrected chi connectivity index (χ4v) is 2.56. The monoisotopic (exact) mass is 282 g/mol. The van der Waals surface area contributed by atoms with Gasteiger partial charge in [-0.15, -0.1) is 0 Å². The minimum atomic E-state index is -0.247. The molecule has 4 heteroatoms. The Morgan fingerprint density at radius 3 is 2.76 bits per heavy atom. The summed E-state index contributed by atoms with van der Waals surface area (Å²) in [4.78, 5) is 12.3. The van der Waals surface area contributed by atoms with Gasteiger partial charge in [0.1, 0.15) is 5.75 Å². The number of aryl methyl sites for hydroxylation is 1. The second-order valence-electron chi connectivity index (χ2n) is 5.40. The highest BCUT2D eigenvalue weighted by molar-refractivity contribution is 5.95. The number of rotatable bonds is 2. The number of phenolic OH excluding ortho intramolecular Hbond substituents is 1. The molecule has 0 saturated carbocycles. The van der Waals surface area contributed by atoms with E-state index in [9.17, 15) is 9.90 Å². The third kappa shape index (κ3) is 2.90. The smallest absolute Gasteiger partial charge is 0.241 e. The van der Waals surface area contributed by atoms with Crippen molar-refractivity contribution in [2.75, 3.05) is 5.32 Å². The van der Waals surface area contributed by atoms with Gasteiger partial charge < -0.3 is 15.7 Å². The van der Waals surface area contributed by atoms with Crippen molar-refractivity contribution >= 4 is 11.6 Å². The van der Waals surface area contributed by atoms with Gasteiger partial charge in [0.25, 0.3) is 0 Å². The second-order valence-corrected chi connectivity index (χ2v) is 5.40. The molecule has 21 heavy (non-hydrogen) atoms. The first-order valence-electron chi connectivity index (χ1n) is 7.04. The molecule has 0 aliphatic carbocycles. The number of hydrogen-bond donors (Lipinski definition) is 3. The molecule has 0 spiro atoms. The van der Waals surface area contributed by atoms with Gasteiger partial charge in [0, 0.05) is 18.3 Å². The number of aromatic hydroxyl groups is 1. The fraction of sp³-hybridized carbons (Fsp3) is 0.235. The van der Waals surface area contributed by atoms with Gasteiger partial charge in [-0.25, -0.2) is 0 Å². The minimum Gasteiger partial charge on any atom is -0.508 e. The highest BCUT2D eigenvalue weighted by Crippen LogP contribution is 2.22. The number of benzene rings is 2. The largest absolute Gasteiger partial charge is 0.508 e. The molecule has 2 aromatic carbocycles. The zero-order valence-corrected chi connectivity index (χ0v) is 11.9. The Labute approximate surface area is 123 Å². The van der Waals surface area contributed by atoms with Crippen LogP contribution in [0.4, 0.5) is 5.69 Å². The molecule has 1 heterocycles. The van der Waals surface area contributed by atoms with Crippen molar-refractivity contribution in [1.29, 1.82) is 0 Å². The molecule has 108 valence electrons. The summed E-state index contributed by atoms with van der Waals surface area (Å²) in [5.41, 5.74) is 3.86. The number of anilines is 1. The van der Waals surface area contributed by atoms with Gasteiger partial charge in [-0.05, 0) is 36.1 Å². The lowest BCUT2D eigenvalue weighted by molar-refractivity contribution is -0.118. The average Bonchev–Trinajstić information content (AvgIpc) is 2.50. The van der Waals surface area contributed by atoms with Gasteiger partial charge in [0.15, 0.2) is 0 Å². The van der Waals surface area contributed by atoms with Crippen molar-refractivity contribution < 1.29 is 9.90 Å². The van der Waals surface area contributed by atoms with Crippen molar-refractivity contribution in [3.05, 3.63) is 59.2 Å². The molecule has 0 saturated heterocycles. The standard InChI is InChI=1S/C17H18N2O2/c1-11-6-7-14(9-16(11)20)19-17(21)15-8-12-4-2-3-5-13(12)10-18-15/h2-7,9,15,18,20H,8,10H2,1H3,(H,19,21). The summed E-state index contributed by atoms with van der Waals surface area (Å²) < 4.78 is 0. The van der Waals surface area contributed by atoms with Crippen LogP contribution in [0.2, 0.25) is 0 Å². The highest BCUT2D eigenvalue weighted by Gasteiger charge is 2.23. The molecule has 1 aliphatic heterocycles. The first-order valence-corrected chi connectivity index (χ1v) is 7.04. The quantitative estimate of drug-likeness (QED) is 0.792. The van der Waals surface area contributed by atoms with Crippen LogP contribution >= 0.6 is 0 Å². The number of nitrogens with one attached hydrogen (secondary N) is 2. The molecule has 0 radical (unpaired) electrons. The first kappa shape index (κ1) is 13.6. The van der Waals surface area contributed by atoms with Crippen molar-refractivity contribution in [2.45, 2.75) is 25.9 Å². The maximum absolute atomic E-state index is 12.3. The molecule has 3 rings (SSSR count). The number of fused-ring (bicyclic) bond motifs is 1. The third-order valence-electron chi connectivity index (χ3n) is 3.87. The molecular formula is C17H18N2O2. The van der Waals surface area contributed by atoms with E-state index in [2.05, 4.69) is 22.8 Å². The summed E-state index contributed by atoms with van der Waals surface area (Å²) in [7, 11) is 0. The lowest BCUT2D eigenvalue weighted by Gasteiger charge is -2.25. The van der Waals surface area contributed by atoms with Crippen LogP contribution in [0.3, 0.4) is 0 Å². The van der Waals surface area contributed by atoms with E-state index >= 15 is 0 Å². The Bertz CT molecular complexity index is 682. The molecular weight excluding hydrogens is 264 g/mol. The second kappa shape index (κ2) is 5.58. The van der Waals surface area contributed by atoms with Crippen LogP contribution in [0.1, 0.15) is 16.7 Å². The van der Waals surface area contributed by atoms with Crippen LogP contribution in [0.5, 0.6) is 5.75 Å². The van der Waals surface area contributed by atoms with E-state index in [1.54, 1.807) is 18.2 Å². The van der Waals surface area contributed by atoms with Gasteiger partial charge in [0.05, 0.1) is 6.04 Å². The molecule has 4 nitrogen and oxygen atoms in total. The fourth-order valence-electron chi connectivity index (χ4n) is 2.56. The maximum atomic E-state index is 12.3. The summed E-state index contributed by atoms with van der Waals surface area (Å²) in [5.74, 6) is 0.113. The molecule has 1 unspecified atom stereocenters. The molecule has 0 bridgehead atoms. The van der Waals surface area contributed by atoms with Crippen molar-refractivity contribution in [3.8, 4) is 5.75 Å². The molecule has 0 aromatic heterocycles. The molecule has 1 amide bonds. The molecule has 3 N–H and O–H groups in total. The van der Waals surface area contributed by atoms with Gasteiger partial charge in [-0.2, -0.15) is 0 Å². The van der Waals surface area contributed by atoms with E-state index in [0.717, 1.165) is 5.56 Å². The average molecular weight is 282 g/mol. The number of carbonyl (C=O) groups is 1. The molecule has 2 aromatic rings. The summed E-state index contributed by atoms with van der Waals surface area (Å²) in [5, 5.41) is 15.8. The van der Waals surface area contributed by atoms with E-state index in [-0.39, 0.29) is 17.7 Å². The number of carbonyl (C=O) groups excluding carboxylic acids is 1. The van der Waals surface area contributed by atoms with E-state index in [4.69, 9.17) is 0 Å². The molecule has 0 fully saturated rings. The zero-order valence-electron chi connectivity index (χ0n) is 11.9. The summed E-state index contributed by atoms with van der Waals surface area (Å²) in [6, 6.07) is 13.1. The third-order valence-corrected chi connectivity index (χ3v) is 3.87. The van der Waals surface area contributed by atoms with Crippen LogP contribution in [-0.2, 0) is 17.8 Å². The summed E-state index contributed by atoms with van der Waals surface area (Å²) in [6.07, 6.45) is 0.680. The Kier molecular flexibility index (Phi) is 3.62.